The Kier molecular flexibility index (Phi) is 7.44. The normalized spacial score (nSPS) is 24.6. The fraction of sp³-hybridized carbons (Fsp3) is 0.440. The molecular formula is C25H29BrF2N4O3. The van der Waals surface area contributed by atoms with Gasteiger partial charge >= 0.3 is 6.03 Å². The number of carbonyl (C=O) groups is 2. The van der Waals surface area contributed by atoms with E-state index >= 15 is 0 Å². The van der Waals surface area contributed by atoms with Crippen LogP contribution in [0.1, 0.15) is 32.3 Å². The second-order valence-electron chi connectivity index (χ2n) is 9.51. The summed E-state index contributed by atoms with van der Waals surface area (Å²) in [7, 11) is 0. The molecule has 0 unspecified atom stereocenters. The quantitative estimate of drug-likeness (QED) is 0.465. The number of urea groups is 1. The van der Waals surface area contributed by atoms with Crippen molar-refractivity contribution in [2.45, 2.75) is 32.4 Å². The van der Waals surface area contributed by atoms with Crippen LogP contribution in [0.3, 0.4) is 0 Å². The molecule has 0 aromatic heterocycles. The molecule has 188 valence electrons. The van der Waals surface area contributed by atoms with Crippen LogP contribution in [-0.4, -0.2) is 48.1 Å². The van der Waals surface area contributed by atoms with Gasteiger partial charge in [-0.3, -0.25) is 4.79 Å². The molecule has 3 amide bonds. The van der Waals surface area contributed by atoms with Crippen LogP contribution in [0, 0.1) is 23.5 Å². The molecule has 10 heteroatoms. The maximum Gasteiger partial charge on any atom is 0.329 e. The molecular weight excluding hydrogens is 522 g/mol. The number of likely N-dealkylation sites (tertiary alicyclic amines) is 1. The van der Waals surface area contributed by atoms with E-state index in [9.17, 15) is 23.5 Å². The number of piperidine rings is 1. The van der Waals surface area contributed by atoms with E-state index in [1.54, 1.807) is 6.07 Å². The topological polar surface area (TPSA) is 84.9 Å². The molecule has 3 N–H and O–H groups in total. The fourth-order valence-corrected chi connectivity index (χ4v) is 5.51. The van der Waals surface area contributed by atoms with Gasteiger partial charge < -0.3 is 20.6 Å². The Morgan fingerprint density at radius 2 is 1.86 bits per heavy atom. The third kappa shape index (κ3) is 5.05. The van der Waals surface area contributed by atoms with Crippen LogP contribution in [0.25, 0.3) is 0 Å². The second kappa shape index (κ2) is 10.2. The molecule has 0 saturated carbocycles. The van der Waals surface area contributed by atoms with Crippen molar-refractivity contribution in [3.63, 3.8) is 0 Å². The van der Waals surface area contributed by atoms with Crippen LogP contribution in [0.5, 0.6) is 0 Å². The van der Waals surface area contributed by atoms with Crippen LogP contribution >= 0.6 is 15.9 Å². The molecule has 2 aromatic rings. The first-order valence-electron chi connectivity index (χ1n) is 11.7. The fourth-order valence-electron chi connectivity index (χ4n) is 5.14. The first-order chi connectivity index (χ1) is 16.6. The summed E-state index contributed by atoms with van der Waals surface area (Å²) in [6.45, 7) is 7.41. The number of nitrogens with zero attached hydrogens (tertiary/aromatic N) is 2. The van der Waals surface area contributed by atoms with Crippen LogP contribution in [0.15, 0.2) is 40.9 Å². The van der Waals surface area contributed by atoms with Crippen molar-refractivity contribution < 1.29 is 23.5 Å². The van der Waals surface area contributed by atoms with Crippen LogP contribution < -0.4 is 15.5 Å². The molecule has 0 spiro atoms. The minimum absolute atomic E-state index is 0.00897. The standard InChI is InChI=1S/C25H29BrF2N4O3/c1-15-11-16(2)14-31(13-15)10-4-9-29-23(33)25(35)18-12-17(26)7-8-21(18)30-24(34)32(25)22-19(27)5-3-6-20(22)28/h3,5-8,12,15-16,35H,4,9-11,13-14H2,1-2H3,(H,29,33)(H,30,34)/t15-,16+,25-/m1/s1. The molecule has 3 atom stereocenters. The Balaban J connectivity index is 1.60. The average molecular weight is 551 g/mol. The molecule has 35 heavy (non-hydrogen) atoms. The van der Waals surface area contributed by atoms with Gasteiger partial charge in [-0.2, -0.15) is 0 Å². The molecule has 2 aliphatic heterocycles. The molecule has 2 heterocycles. The van der Waals surface area contributed by atoms with Gasteiger partial charge in [-0.25, -0.2) is 18.5 Å². The van der Waals surface area contributed by atoms with E-state index in [2.05, 4.69) is 45.3 Å². The van der Waals surface area contributed by atoms with Gasteiger partial charge in [-0.15, -0.1) is 0 Å². The van der Waals surface area contributed by atoms with E-state index in [1.807, 2.05) is 0 Å². The molecule has 2 aliphatic rings. The largest absolute Gasteiger partial charge is 0.359 e. The molecule has 1 saturated heterocycles. The Labute approximate surface area is 211 Å². The number of hydrogen-bond acceptors (Lipinski definition) is 4. The van der Waals surface area contributed by atoms with Gasteiger partial charge in [0, 0.05) is 29.7 Å². The smallest absolute Gasteiger partial charge is 0.329 e. The lowest BCUT2D eigenvalue weighted by atomic mass is 9.92. The van der Waals surface area contributed by atoms with Gasteiger partial charge in [0.05, 0.1) is 5.69 Å². The SMILES string of the molecule is C[C@@H]1C[C@H](C)CN(CCCNC(=O)[C@]2(O)c3cc(Br)ccc3NC(=O)N2c2c(F)cccc2F)C1. The summed E-state index contributed by atoms with van der Waals surface area (Å²) in [5, 5.41) is 16.9. The zero-order chi connectivity index (χ0) is 25.3. The molecule has 0 bridgehead atoms. The van der Waals surface area contributed by atoms with Crippen LogP contribution in [0.4, 0.5) is 25.0 Å². The van der Waals surface area contributed by atoms with E-state index in [1.165, 1.54) is 18.6 Å². The minimum atomic E-state index is -2.68. The number of rotatable bonds is 6. The highest BCUT2D eigenvalue weighted by atomic mass is 79.9. The van der Waals surface area contributed by atoms with Crippen molar-refractivity contribution in [2.24, 2.45) is 11.8 Å². The van der Waals surface area contributed by atoms with Crippen molar-refractivity contribution >= 4 is 39.2 Å². The Morgan fingerprint density at radius 3 is 2.51 bits per heavy atom. The lowest BCUT2D eigenvalue weighted by molar-refractivity contribution is -0.140. The molecule has 0 radical (unpaired) electrons. The Bertz CT molecular complexity index is 1100. The molecule has 2 aromatic carbocycles. The highest BCUT2D eigenvalue weighted by molar-refractivity contribution is 9.10. The van der Waals surface area contributed by atoms with Crippen molar-refractivity contribution in [3.05, 3.63) is 58.1 Å². The van der Waals surface area contributed by atoms with Crippen molar-refractivity contribution in [2.75, 3.05) is 36.4 Å². The number of anilines is 2. The number of fused-ring (bicyclic) bond motifs is 1. The number of benzene rings is 2. The summed E-state index contributed by atoms with van der Waals surface area (Å²) >= 11 is 3.30. The number of amides is 3. The predicted molar refractivity (Wildman–Crippen MR) is 133 cm³/mol. The van der Waals surface area contributed by atoms with E-state index in [-0.39, 0.29) is 17.8 Å². The first-order valence-corrected chi connectivity index (χ1v) is 12.5. The third-order valence-corrected chi connectivity index (χ3v) is 6.98. The monoisotopic (exact) mass is 550 g/mol. The number of hydrogen-bond donors (Lipinski definition) is 3. The Hall–Kier alpha value is -2.56. The molecule has 7 nitrogen and oxygen atoms in total. The van der Waals surface area contributed by atoms with Gasteiger partial charge in [0.1, 0.15) is 17.3 Å². The van der Waals surface area contributed by atoms with Crippen molar-refractivity contribution in [3.8, 4) is 0 Å². The van der Waals surface area contributed by atoms with Gasteiger partial charge in [-0.05, 0) is 61.6 Å². The number of halogens is 3. The van der Waals surface area contributed by atoms with Gasteiger partial charge in [0.25, 0.3) is 11.6 Å². The van der Waals surface area contributed by atoms with Gasteiger partial charge in [0.2, 0.25) is 0 Å². The number of para-hydroxylation sites is 1. The molecule has 4 rings (SSSR count). The molecule has 1 fully saturated rings. The summed E-state index contributed by atoms with van der Waals surface area (Å²) in [5.41, 5.74) is -3.34. The highest BCUT2D eigenvalue weighted by Crippen LogP contribution is 2.42. The summed E-state index contributed by atoms with van der Waals surface area (Å²) in [4.78, 5) is 29.2. The van der Waals surface area contributed by atoms with E-state index in [0.29, 0.717) is 27.6 Å². The lowest BCUT2D eigenvalue weighted by Crippen LogP contribution is -2.63. The average Bonchev–Trinajstić information content (AvgIpc) is 2.78. The number of aliphatic hydroxyl groups is 1. The zero-order valence-electron chi connectivity index (χ0n) is 19.7. The van der Waals surface area contributed by atoms with E-state index in [0.717, 1.165) is 37.8 Å². The maximum atomic E-state index is 14.7. The lowest BCUT2D eigenvalue weighted by Gasteiger charge is -2.42. The Morgan fingerprint density at radius 1 is 1.20 bits per heavy atom. The van der Waals surface area contributed by atoms with Crippen molar-refractivity contribution in [1.82, 2.24) is 10.2 Å². The predicted octanol–water partition coefficient (Wildman–Crippen LogP) is 4.41. The summed E-state index contributed by atoms with van der Waals surface area (Å²) < 4.78 is 30.0. The van der Waals surface area contributed by atoms with E-state index < -0.39 is 35.0 Å². The molecule has 0 aliphatic carbocycles. The van der Waals surface area contributed by atoms with Crippen LogP contribution in [0.2, 0.25) is 0 Å². The zero-order valence-corrected chi connectivity index (χ0v) is 21.2. The highest BCUT2D eigenvalue weighted by Gasteiger charge is 2.53. The number of carbonyl (C=O) groups excluding carboxylic acids is 2. The first kappa shape index (κ1) is 25.5. The second-order valence-corrected chi connectivity index (χ2v) is 10.4. The summed E-state index contributed by atoms with van der Waals surface area (Å²) in [6, 6.07) is 6.60. The minimum Gasteiger partial charge on any atom is -0.359 e. The van der Waals surface area contributed by atoms with Crippen LogP contribution in [-0.2, 0) is 10.5 Å². The van der Waals surface area contributed by atoms with E-state index in [4.69, 9.17) is 0 Å². The van der Waals surface area contributed by atoms with Gasteiger partial charge in [0.15, 0.2) is 0 Å². The summed E-state index contributed by atoms with van der Waals surface area (Å²) in [6.07, 6.45) is 1.81. The summed E-state index contributed by atoms with van der Waals surface area (Å²) in [5.74, 6) is -1.91. The van der Waals surface area contributed by atoms with Crippen molar-refractivity contribution in [1.29, 1.82) is 0 Å². The number of nitrogens with one attached hydrogen (secondary N) is 2. The maximum absolute atomic E-state index is 14.7. The third-order valence-electron chi connectivity index (χ3n) is 6.48. The van der Waals surface area contributed by atoms with Gasteiger partial charge in [-0.1, -0.05) is 35.8 Å².